The molecule has 1 aromatic carbocycles. The highest BCUT2D eigenvalue weighted by Gasteiger charge is 2.20. The number of hydrogen-bond acceptors (Lipinski definition) is 2. The molecule has 2 unspecified atom stereocenters. The fourth-order valence-corrected chi connectivity index (χ4v) is 2.75. The molecule has 3 nitrogen and oxygen atoms in total. The average molecular weight is 311 g/mol. The lowest BCUT2D eigenvalue weighted by Crippen LogP contribution is -2.30. The number of halogens is 1. The van der Waals surface area contributed by atoms with Crippen LogP contribution in [-0.2, 0) is 4.79 Å². The van der Waals surface area contributed by atoms with Crippen LogP contribution in [0.4, 0.5) is 0 Å². The molecule has 0 spiro atoms. The molecule has 1 aliphatic rings. The van der Waals surface area contributed by atoms with Crippen molar-refractivity contribution in [1.29, 1.82) is 0 Å². The van der Waals surface area contributed by atoms with Gasteiger partial charge in [-0.3, -0.25) is 4.79 Å². The lowest BCUT2D eigenvalue weighted by Gasteiger charge is -2.26. The van der Waals surface area contributed by atoms with Crippen LogP contribution in [-0.4, -0.2) is 30.9 Å². The third-order valence-electron chi connectivity index (χ3n) is 4.46. The topological polar surface area (TPSA) is 32.3 Å². The Morgan fingerprint density at radius 2 is 2.05 bits per heavy atom. The first-order chi connectivity index (χ1) is 9.58. The Morgan fingerprint density at radius 3 is 2.62 bits per heavy atom. The molecular formula is C17H27ClN2O. The molecule has 1 heterocycles. The summed E-state index contributed by atoms with van der Waals surface area (Å²) in [5, 5.41) is 3.35. The van der Waals surface area contributed by atoms with Gasteiger partial charge in [0.15, 0.2) is 0 Å². The third kappa shape index (κ3) is 5.01. The van der Waals surface area contributed by atoms with Crippen molar-refractivity contribution in [2.24, 2.45) is 5.92 Å². The van der Waals surface area contributed by atoms with Gasteiger partial charge in [-0.15, -0.1) is 12.4 Å². The second-order valence-electron chi connectivity index (χ2n) is 5.99. The van der Waals surface area contributed by atoms with Crippen LogP contribution in [0, 0.1) is 12.8 Å². The van der Waals surface area contributed by atoms with Crippen molar-refractivity contribution in [2.75, 3.05) is 20.1 Å². The molecule has 1 amide bonds. The molecule has 0 radical (unpaired) electrons. The minimum absolute atomic E-state index is 0. The molecule has 2 atom stereocenters. The monoisotopic (exact) mass is 310 g/mol. The van der Waals surface area contributed by atoms with Crippen LogP contribution >= 0.6 is 12.4 Å². The predicted octanol–water partition coefficient (Wildman–Crippen LogP) is 3.33. The molecule has 0 saturated carbocycles. The van der Waals surface area contributed by atoms with E-state index in [2.05, 4.69) is 43.4 Å². The molecule has 1 fully saturated rings. The Hall–Kier alpha value is -1.06. The number of carbonyl (C=O) groups excluding carboxylic acids is 1. The Labute approximate surface area is 134 Å². The van der Waals surface area contributed by atoms with E-state index >= 15 is 0 Å². The van der Waals surface area contributed by atoms with Gasteiger partial charge in [-0.25, -0.2) is 0 Å². The fourth-order valence-electron chi connectivity index (χ4n) is 2.75. The van der Waals surface area contributed by atoms with Gasteiger partial charge in [-0.05, 0) is 51.3 Å². The lowest BCUT2D eigenvalue weighted by atomic mass is 10.0. The second-order valence-corrected chi connectivity index (χ2v) is 5.99. The summed E-state index contributed by atoms with van der Waals surface area (Å²) in [5.41, 5.74) is 2.46. The molecule has 0 aliphatic carbocycles. The number of carbonyl (C=O) groups is 1. The molecule has 2 rings (SSSR count). The van der Waals surface area contributed by atoms with E-state index < -0.39 is 0 Å². The minimum Gasteiger partial charge on any atom is -0.339 e. The number of benzene rings is 1. The summed E-state index contributed by atoms with van der Waals surface area (Å²) in [6.45, 7) is 6.36. The summed E-state index contributed by atoms with van der Waals surface area (Å²) in [6, 6.07) is 8.59. The van der Waals surface area contributed by atoms with Gasteiger partial charge in [0.1, 0.15) is 0 Å². The maximum absolute atomic E-state index is 12.3. The van der Waals surface area contributed by atoms with E-state index in [1.54, 1.807) is 0 Å². The van der Waals surface area contributed by atoms with Crippen molar-refractivity contribution in [3.05, 3.63) is 35.4 Å². The molecule has 1 aromatic rings. The standard InChI is InChI=1S/C17H26N2O.ClH/c1-13-4-7-16(8-5-13)14(2)19(3)17(20)9-6-15-10-11-18-12-15;/h4-5,7-8,14-15,18H,6,9-12H2,1-3H3;1H. The summed E-state index contributed by atoms with van der Waals surface area (Å²) in [4.78, 5) is 14.2. The van der Waals surface area contributed by atoms with Gasteiger partial charge < -0.3 is 10.2 Å². The number of hydrogen-bond donors (Lipinski definition) is 1. The Bertz CT molecular complexity index is 441. The number of nitrogens with one attached hydrogen (secondary N) is 1. The van der Waals surface area contributed by atoms with Crippen molar-refractivity contribution < 1.29 is 4.79 Å². The number of amides is 1. The van der Waals surface area contributed by atoms with Crippen LogP contribution in [0.1, 0.15) is 43.4 Å². The first-order valence-electron chi connectivity index (χ1n) is 7.61. The SMILES string of the molecule is Cc1ccc(C(C)N(C)C(=O)CCC2CCNC2)cc1.Cl. The second kappa shape index (κ2) is 8.40. The van der Waals surface area contributed by atoms with Gasteiger partial charge in [0.05, 0.1) is 6.04 Å². The predicted molar refractivity (Wildman–Crippen MR) is 89.8 cm³/mol. The van der Waals surface area contributed by atoms with Gasteiger partial charge in [-0.1, -0.05) is 29.8 Å². The maximum atomic E-state index is 12.3. The van der Waals surface area contributed by atoms with Crippen LogP contribution in [0.5, 0.6) is 0 Å². The van der Waals surface area contributed by atoms with Crippen molar-refractivity contribution >= 4 is 18.3 Å². The summed E-state index contributed by atoms with van der Waals surface area (Å²) >= 11 is 0. The molecule has 4 heteroatoms. The van der Waals surface area contributed by atoms with Gasteiger partial charge in [-0.2, -0.15) is 0 Å². The Morgan fingerprint density at radius 1 is 1.38 bits per heavy atom. The highest BCUT2D eigenvalue weighted by molar-refractivity contribution is 5.85. The zero-order valence-corrected chi connectivity index (χ0v) is 14.1. The average Bonchev–Trinajstić information content (AvgIpc) is 2.97. The molecular weight excluding hydrogens is 284 g/mol. The van der Waals surface area contributed by atoms with E-state index in [0.29, 0.717) is 12.3 Å². The van der Waals surface area contributed by atoms with Crippen LogP contribution in [0.3, 0.4) is 0 Å². The van der Waals surface area contributed by atoms with E-state index in [0.717, 1.165) is 19.5 Å². The third-order valence-corrected chi connectivity index (χ3v) is 4.46. The summed E-state index contributed by atoms with van der Waals surface area (Å²) in [6.07, 6.45) is 2.89. The highest BCUT2D eigenvalue weighted by Crippen LogP contribution is 2.21. The first-order valence-corrected chi connectivity index (χ1v) is 7.61. The van der Waals surface area contributed by atoms with Crippen LogP contribution < -0.4 is 5.32 Å². The minimum atomic E-state index is 0. The Kier molecular flexibility index (Phi) is 7.20. The highest BCUT2D eigenvalue weighted by atomic mass is 35.5. The fraction of sp³-hybridized carbons (Fsp3) is 0.588. The molecule has 21 heavy (non-hydrogen) atoms. The van der Waals surface area contributed by atoms with Gasteiger partial charge >= 0.3 is 0 Å². The number of rotatable bonds is 5. The number of aryl methyl sites for hydroxylation is 1. The van der Waals surface area contributed by atoms with Gasteiger partial charge in [0.2, 0.25) is 5.91 Å². The van der Waals surface area contributed by atoms with Crippen molar-refractivity contribution in [1.82, 2.24) is 10.2 Å². The zero-order chi connectivity index (χ0) is 14.5. The molecule has 118 valence electrons. The zero-order valence-electron chi connectivity index (χ0n) is 13.3. The van der Waals surface area contributed by atoms with E-state index in [1.807, 2.05) is 11.9 Å². The Balaban J connectivity index is 0.00000220. The van der Waals surface area contributed by atoms with Crippen molar-refractivity contribution in [3.8, 4) is 0 Å². The normalized spacial score (nSPS) is 18.9. The first kappa shape index (κ1) is 18.0. The van der Waals surface area contributed by atoms with Gasteiger partial charge in [0, 0.05) is 13.5 Å². The molecule has 0 aromatic heterocycles. The molecule has 1 N–H and O–H groups in total. The van der Waals surface area contributed by atoms with E-state index in [9.17, 15) is 4.79 Å². The summed E-state index contributed by atoms with van der Waals surface area (Å²) in [7, 11) is 1.92. The van der Waals surface area contributed by atoms with Crippen molar-refractivity contribution in [3.63, 3.8) is 0 Å². The lowest BCUT2D eigenvalue weighted by molar-refractivity contribution is -0.132. The maximum Gasteiger partial charge on any atom is 0.222 e. The van der Waals surface area contributed by atoms with Crippen LogP contribution in [0.15, 0.2) is 24.3 Å². The van der Waals surface area contributed by atoms with Crippen LogP contribution in [0.2, 0.25) is 0 Å². The summed E-state index contributed by atoms with van der Waals surface area (Å²) in [5.74, 6) is 0.937. The quantitative estimate of drug-likeness (QED) is 0.905. The molecule has 0 bridgehead atoms. The smallest absolute Gasteiger partial charge is 0.222 e. The van der Waals surface area contributed by atoms with E-state index in [-0.39, 0.29) is 24.4 Å². The molecule has 1 saturated heterocycles. The molecule has 1 aliphatic heterocycles. The van der Waals surface area contributed by atoms with E-state index in [1.165, 1.54) is 17.5 Å². The summed E-state index contributed by atoms with van der Waals surface area (Å²) < 4.78 is 0. The van der Waals surface area contributed by atoms with Crippen molar-refractivity contribution in [2.45, 2.75) is 39.2 Å². The number of nitrogens with zero attached hydrogens (tertiary/aromatic N) is 1. The van der Waals surface area contributed by atoms with Crippen LogP contribution in [0.25, 0.3) is 0 Å². The van der Waals surface area contributed by atoms with Gasteiger partial charge in [0.25, 0.3) is 0 Å². The largest absolute Gasteiger partial charge is 0.339 e. The van der Waals surface area contributed by atoms with E-state index in [4.69, 9.17) is 0 Å².